The van der Waals surface area contributed by atoms with Crippen LogP contribution in [0.1, 0.15) is 36.6 Å². The average Bonchev–Trinajstić information content (AvgIpc) is 2.16. The molecule has 1 rings (SSSR count). The van der Waals surface area contributed by atoms with Crippen LogP contribution in [0, 0.1) is 19.8 Å². The summed E-state index contributed by atoms with van der Waals surface area (Å²) < 4.78 is 5.48. The fourth-order valence-corrected chi connectivity index (χ4v) is 2.23. The third-order valence-electron chi connectivity index (χ3n) is 2.91. The molecule has 0 aromatic heterocycles. The third kappa shape index (κ3) is 3.06. The van der Waals surface area contributed by atoms with Crippen molar-refractivity contribution in [2.45, 2.75) is 39.8 Å². The predicted molar refractivity (Wildman–Crippen MR) is 68.5 cm³/mol. The quantitative estimate of drug-likeness (QED) is 0.848. The van der Waals surface area contributed by atoms with E-state index >= 15 is 0 Å². The van der Waals surface area contributed by atoms with Gasteiger partial charge in [-0.3, -0.25) is 0 Å². The van der Waals surface area contributed by atoms with Gasteiger partial charge in [0, 0.05) is 7.11 Å². The zero-order chi connectivity index (χ0) is 12.3. The van der Waals surface area contributed by atoms with E-state index in [1.54, 1.807) is 7.11 Å². The number of ether oxygens (including phenoxy) is 1. The molecule has 2 nitrogen and oxygen atoms in total. The van der Waals surface area contributed by atoms with Crippen molar-refractivity contribution in [2.24, 2.45) is 11.7 Å². The summed E-state index contributed by atoms with van der Waals surface area (Å²) >= 11 is 0. The summed E-state index contributed by atoms with van der Waals surface area (Å²) in [6, 6.07) is 6.40. The molecule has 1 aromatic rings. The summed E-state index contributed by atoms with van der Waals surface area (Å²) in [5.41, 5.74) is 9.94. The van der Waals surface area contributed by atoms with Crippen LogP contribution in [-0.4, -0.2) is 13.2 Å². The highest BCUT2D eigenvalue weighted by Gasteiger charge is 2.22. The molecule has 16 heavy (non-hydrogen) atoms. The lowest BCUT2D eigenvalue weighted by Gasteiger charge is -2.26. The van der Waals surface area contributed by atoms with Crippen molar-refractivity contribution in [2.75, 3.05) is 7.11 Å². The van der Waals surface area contributed by atoms with E-state index in [2.05, 4.69) is 45.9 Å². The maximum atomic E-state index is 6.26. The Balaban J connectivity index is 2.98. The lowest BCUT2D eigenvalue weighted by atomic mass is 9.92. The van der Waals surface area contributed by atoms with Gasteiger partial charge in [-0.15, -0.1) is 0 Å². The first-order valence-corrected chi connectivity index (χ1v) is 5.82. The van der Waals surface area contributed by atoms with Crippen molar-refractivity contribution < 1.29 is 4.74 Å². The average molecular weight is 221 g/mol. The molecule has 0 aliphatic rings. The summed E-state index contributed by atoms with van der Waals surface area (Å²) in [5, 5.41) is 0. The number of aryl methyl sites for hydroxylation is 2. The Labute approximate surface area is 98.8 Å². The van der Waals surface area contributed by atoms with Gasteiger partial charge in [-0.05, 0) is 25.3 Å². The SMILES string of the molecule is COC(C(C)C)C(N)c1cc(C)cc(C)c1. The highest BCUT2D eigenvalue weighted by atomic mass is 16.5. The monoisotopic (exact) mass is 221 g/mol. The molecule has 1 aromatic carbocycles. The minimum atomic E-state index is -0.0522. The van der Waals surface area contributed by atoms with E-state index in [9.17, 15) is 0 Å². The lowest BCUT2D eigenvalue weighted by Crippen LogP contribution is -2.32. The molecular weight excluding hydrogens is 198 g/mol. The van der Waals surface area contributed by atoms with Crippen molar-refractivity contribution >= 4 is 0 Å². The molecule has 2 N–H and O–H groups in total. The second-order valence-electron chi connectivity index (χ2n) is 4.89. The van der Waals surface area contributed by atoms with Gasteiger partial charge < -0.3 is 10.5 Å². The Morgan fingerprint density at radius 1 is 1.06 bits per heavy atom. The fourth-order valence-electron chi connectivity index (χ4n) is 2.23. The first-order chi connectivity index (χ1) is 7.45. The van der Waals surface area contributed by atoms with Gasteiger partial charge in [0.15, 0.2) is 0 Å². The topological polar surface area (TPSA) is 35.2 Å². The Bertz CT molecular complexity index is 326. The standard InChI is InChI=1S/C14H23NO/c1-9(2)14(16-5)13(15)12-7-10(3)6-11(4)8-12/h6-9,13-14H,15H2,1-5H3. The van der Waals surface area contributed by atoms with Gasteiger partial charge in [0.1, 0.15) is 0 Å². The smallest absolute Gasteiger partial charge is 0.0786 e. The second kappa shape index (κ2) is 5.46. The minimum Gasteiger partial charge on any atom is -0.379 e. The van der Waals surface area contributed by atoms with Gasteiger partial charge in [0.2, 0.25) is 0 Å². The largest absolute Gasteiger partial charge is 0.379 e. The van der Waals surface area contributed by atoms with E-state index in [1.807, 2.05) is 0 Å². The molecule has 0 aliphatic heterocycles. The molecule has 0 saturated heterocycles. The first kappa shape index (κ1) is 13.2. The molecule has 90 valence electrons. The number of benzene rings is 1. The second-order valence-corrected chi connectivity index (χ2v) is 4.89. The molecular formula is C14H23NO. The lowest BCUT2D eigenvalue weighted by molar-refractivity contribution is 0.0437. The maximum absolute atomic E-state index is 6.26. The van der Waals surface area contributed by atoms with E-state index in [1.165, 1.54) is 11.1 Å². The van der Waals surface area contributed by atoms with Crippen molar-refractivity contribution in [1.82, 2.24) is 0 Å². The molecule has 0 saturated carbocycles. The number of rotatable bonds is 4. The van der Waals surface area contributed by atoms with Crippen LogP contribution >= 0.6 is 0 Å². The molecule has 0 aliphatic carbocycles. The van der Waals surface area contributed by atoms with Crippen LogP contribution in [0.2, 0.25) is 0 Å². The van der Waals surface area contributed by atoms with Crippen molar-refractivity contribution in [3.8, 4) is 0 Å². The van der Waals surface area contributed by atoms with E-state index < -0.39 is 0 Å². The Hall–Kier alpha value is -0.860. The number of methoxy groups -OCH3 is 1. The predicted octanol–water partition coefficient (Wildman–Crippen LogP) is 2.97. The molecule has 0 amide bonds. The normalized spacial score (nSPS) is 15.2. The Morgan fingerprint density at radius 3 is 1.94 bits per heavy atom. The van der Waals surface area contributed by atoms with Crippen LogP contribution < -0.4 is 5.73 Å². The van der Waals surface area contributed by atoms with Crippen LogP contribution in [0.25, 0.3) is 0 Å². The Morgan fingerprint density at radius 2 is 1.56 bits per heavy atom. The van der Waals surface area contributed by atoms with E-state index in [-0.39, 0.29) is 12.1 Å². The van der Waals surface area contributed by atoms with Crippen LogP contribution in [0.4, 0.5) is 0 Å². The van der Waals surface area contributed by atoms with Crippen LogP contribution in [0.3, 0.4) is 0 Å². The highest BCUT2D eigenvalue weighted by Crippen LogP contribution is 2.23. The summed E-state index contributed by atoms with van der Waals surface area (Å²) in [6.07, 6.45) is 0.0706. The molecule has 0 heterocycles. The zero-order valence-electron chi connectivity index (χ0n) is 10.9. The zero-order valence-corrected chi connectivity index (χ0v) is 10.9. The molecule has 0 fully saturated rings. The number of nitrogens with two attached hydrogens (primary N) is 1. The van der Waals surface area contributed by atoms with Gasteiger partial charge >= 0.3 is 0 Å². The molecule has 2 atom stereocenters. The molecule has 2 heteroatoms. The van der Waals surface area contributed by atoms with Gasteiger partial charge in [0.05, 0.1) is 12.1 Å². The van der Waals surface area contributed by atoms with Crippen molar-refractivity contribution in [3.05, 3.63) is 34.9 Å². The molecule has 0 spiro atoms. The highest BCUT2D eigenvalue weighted by molar-refractivity contribution is 5.31. The summed E-state index contributed by atoms with van der Waals surface area (Å²) in [6.45, 7) is 8.47. The van der Waals surface area contributed by atoms with Crippen LogP contribution in [0.15, 0.2) is 18.2 Å². The van der Waals surface area contributed by atoms with E-state index in [4.69, 9.17) is 10.5 Å². The van der Waals surface area contributed by atoms with Gasteiger partial charge in [-0.25, -0.2) is 0 Å². The summed E-state index contributed by atoms with van der Waals surface area (Å²) in [5.74, 6) is 0.417. The van der Waals surface area contributed by atoms with Crippen molar-refractivity contribution in [3.63, 3.8) is 0 Å². The van der Waals surface area contributed by atoms with E-state index in [0.717, 1.165) is 5.56 Å². The maximum Gasteiger partial charge on any atom is 0.0786 e. The van der Waals surface area contributed by atoms with Crippen LogP contribution in [-0.2, 0) is 4.74 Å². The Kier molecular flexibility index (Phi) is 4.51. The first-order valence-electron chi connectivity index (χ1n) is 5.82. The van der Waals surface area contributed by atoms with Crippen LogP contribution in [0.5, 0.6) is 0 Å². The fraction of sp³-hybridized carbons (Fsp3) is 0.571. The minimum absolute atomic E-state index is 0.0522. The van der Waals surface area contributed by atoms with Gasteiger partial charge in [-0.2, -0.15) is 0 Å². The molecule has 2 unspecified atom stereocenters. The van der Waals surface area contributed by atoms with E-state index in [0.29, 0.717) is 5.92 Å². The van der Waals surface area contributed by atoms with Gasteiger partial charge in [0.25, 0.3) is 0 Å². The molecule has 0 radical (unpaired) electrons. The summed E-state index contributed by atoms with van der Waals surface area (Å²) in [4.78, 5) is 0. The van der Waals surface area contributed by atoms with Crippen molar-refractivity contribution in [1.29, 1.82) is 0 Å². The summed E-state index contributed by atoms with van der Waals surface area (Å²) in [7, 11) is 1.73. The molecule has 0 bridgehead atoms. The van der Waals surface area contributed by atoms with Gasteiger partial charge in [-0.1, -0.05) is 43.2 Å². The number of hydrogen-bond donors (Lipinski definition) is 1. The third-order valence-corrected chi connectivity index (χ3v) is 2.91. The number of hydrogen-bond acceptors (Lipinski definition) is 2.